The summed E-state index contributed by atoms with van der Waals surface area (Å²) in [6.07, 6.45) is 0.708. The maximum Gasteiger partial charge on any atom is 0.249 e. The zero-order valence-corrected chi connectivity index (χ0v) is 24.2. The summed E-state index contributed by atoms with van der Waals surface area (Å²) >= 11 is 0. The van der Waals surface area contributed by atoms with Crippen LogP contribution in [0.5, 0.6) is 11.5 Å². The van der Waals surface area contributed by atoms with E-state index in [0.717, 1.165) is 16.6 Å². The van der Waals surface area contributed by atoms with Crippen molar-refractivity contribution in [1.29, 1.82) is 0 Å². The van der Waals surface area contributed by atoms with Crippen molar-refractivity contribution in [3.8, 4) is 11.5 Å². The molecule has 1 unspecified atom stereocenters. The Labute approximate surface area is 235 Å². The lowest BCUT2D eigenvalue weighted by Crippen LogP contribution is -2.51. The van der Waals surface area contributed by atoms with Crippen molar-refractivity contribution >= 4 is 28.5 Å². The van der Waals surface area contributed by atoms with Gasteiger partial charge in [-0.2, -0.15) is 0 Å². The van der Waals surface area contributed by atoms with Crippen LogP contribution in [0.15, 0.2) is 60.7 Å². The Morgan fingerprint density at radius 3 is 2.42 bits per heavy atom. The summed E-state index contributed by atoms with van der Waals surface area (Å²) in [4.78, 5) is 30.1. The number of rotatable bonds is 10. The maximum absolute atomic E-state index is 14.4. The van der Waals surface area contributed by atoms with Gasteiger partial charge in [-0.3, -0.25) is 14.5 Å². The highest BCUT2D eigenvalue weighted by molar-refractivity contribution is 6.02. The van der Waals surface area contributed by atoms with Crippen LogP contribution in [-0.2, 0) is 16.1 Å². The first-order valence-electron chi connectivity index (χ1n) is 13.3. The van der Waals surface area contributed by atoms with Gasteiger partial charge < -0.3 is 14.8 Å². The van der Waals surface area contributed by atoms with Crippen LogP contribution in [0.4, 0.5) is 5.69 Å². The molecule has 210 valence electrons. The zero-order chi connectivity index (χ0) is 29.0. The number of nitrogens with one attached hydrogen (secondary N) is 1. The molecule has 4 rings (SSSR count). The van der Waals surface area contributed by atoms with Crippen LogP contribution in [0.3, 0.4) is 0 Å². The summed E-state index contributed by atoms with van der Waals surface area (Å²) < 4.78 is 12.6. The number of hydrogen-bond acceptors (Lipinski definition) is 6. The van der Waals surface area contributed by atoms with E-state index in [0.29, 0.717) is 34.7 Å². The number of ether oxygens (including phenoxy) is 2. The van der Waals surface area contributed by atoms with Gasteiger partial charge in [-0.25, -0.2) is 4.68 Å². The number of amides is 2. The molecule has 4 aromatic rings. The average Bonchev–Trinajstić information content (AvgIpc) is 3.35. The average molecular weight is 544 g/mol. The van der Waals surface area contributed by atoms with Crippen LogP contribution in [0, 0.1) is 13.8 Å². The predicted molar refractivity (Wildman–Crippen MR) is 156 cm³/mol. The Morgan fingerprint density at radius 1 is 1.00 bits per heavy atom. The van der Waals surface area contributed by atoms with Crippen molar-refractivity contribution in [2.24, 2.45) is 0 Å². The molecule has 1 aromatic heterocycles. The second kappa shape index (κ2) is 11.8. The number of benzene rings is 3. The van der Waals surface area contributed by atoms with Gasteiger partial charge in [-0.15, -0.1) is 5.10 Å². The number of anilines is 1. The number of aryl methyl sites for hydroxylation is 1. The van der Waals surface area contributed by atoms with Crippen LogP contribution >= 0.6 is 0 Å². The Morgan fingerprint density at radius 2 is 1.73 bits per heavy atom. The third-order valence-corrected chi connectivity index (χ3v) is 7.38. The molecular formula is C31H37N5O4. The second-order valence-corrected chi connectivity index (χ2v) is 10.5. The number of carbonyl (C=O) groups excluding carboxylic acids is 2. The molecule has 3 aromatic carbocycles. The molecule has 0 radical (unpaired) electrons. The van der Waals surface area contributed by atoms with E-state index >= 15 is 0 Å². The smallest absolute Gasteiger partial charge is 0.249 e. The molecule has 9 nitrogen and oxygen atoms in total. The molecule has 1 N–H and O–H groups in total. The summed E-state index contributed by atoms with van der Waals surface area (Å²) in [7, 11) is 3.10. The third-order valence-electron chi connectivity index (χ3n) is 7.38. The minimum atomic E-state index is -1.01. The van der Waals surface area contributed by atoms with Crippen molar-refractivity contribution in [2.75, 3.05) is 19.1 Å². The number of hydrogen-bond donors (Lipinski definition) is 1. The van der Waals surface area contributed by atoms with E-state index in [1.165, 1.54) is 0 Å². The number of carbonyl (C=O) groups is 2. The fourth-order valence-electron chi connectivity index (χ4n) is 4.58. The van der Waals surface area contributed by atoms with E-state index in [1.807, 2.05) is 77.1 Å². The molecular weight excluding hydrogens is 506 g/mol. The number of nitrogens with zero attached hydrogens (tertiary/aromatic N) is 4. The number of fused-ring (bicyclic) bond motifs is 1. The van der Waals surface area contributed by atoms with Crippen LogP contribution < -0.4 is 19.7 Å². The van der Waals surface area contributed by atoms with E-state index < -0.39 is 11.6 Å². The molecule has 40 heavy (non-hydrogen) atoms. The highest BCUT2D eigenvalue weighted by atomic mass is 16.5. The van der Waals surface area contributed by atoms with Gasteiger partial charge in [0.05, 0.1) is 19.7 Å². The van der Waals surface area contributed by atoms with E-state index in [-0.39, 0.29) is 18.4 Å². The molecule has 0 aliphatic heterocycles. The van der Waals surface area contributed by atoms with Gasteiger partial charge >= 0.3 is 0 Å². The molecule has 0 spiro atoms. The quantitative estimate of drug-likeness (QED) is 0.297. The summed E-state index contributed by atoms with van der Waals surface area (Å²) in [6, 6.07) is 17.5. The Bertz CT molecular complexity index is 1530. The van der Waals surface area contributed by atoms with Crippen molar-refractivity contribution < 1.29 is 19.1 Å². The lowest BCUT2D eigenvalue weighted by Gasteiger charge is -2.35. The molecule has 2 amide bonds. The van der Waals surface area contributed by atoms with Gasteiger partial charge in [0.15, 0.2) is 11.5 Å². The van der Waals surface area contributed by atoms with Crippen molar-refractivity contribution in [3.05, 3.63) is 77.4 Å². The van der Waals surface area contributed by atoms with Crippen LogP contribution in [0.1, 0.15) is 49.9 Å². The summed E-state index contributed by atoms with van der Waals surface area (Å²) in [5.41, 5.74) is 4.04. The topological polar surface area (TPSA) is 98.6 Å². The first-order valence-corrected chi connectivity index (χ1v) is 13.3. The van der Waals surface area contributed by atoms with Gasteiger partial charge in [0.2, 0.25) is 11.8 Å². The molecule has 0 saturated carbocycles. The van der Waals surface area contributed by atoms with Gasteiger partial charge in [0.1, 0.15) is 18.1 Å². The summed E-state index contributed by atoms with van der Waals surface area (Å²) in [5, 5.41) is 11.6. The van der Waals surface area contributed by atoms with Gasteiger partial charge in [-0.1, -0.05) is 42.5 Å². The number of methoxy groups -OCH3 is 2. The van der Waals surface area contributed by atoms with Crippen LogP contribution in [-0.4, -0.2) is 46.6 Å². The lowest BCUT2D eigenvalue weighted by molar-refractivity contribution is -0.128. The largest absolute Gasteiger partial charge is 0.493 e. The fourth-order valence-corrected chi connectivity index (χ4v) is 4.58. The highest BCUT2D eigenvalue weighted by Gasteiger charge is 2.36. The van der Waals surface area contributed by atoms with Crippen LogP contribution in [0.2, 0.25) is 0 Å². The molecule has 0 aliphatic rings. The van der Waals surface area contributed by atoms with E-state index in [4.69, 9.17) is 9.47 Å². The number of para-hydroxylation sites is 1. The minimum absolute atomic E-state index is 0.109. The van der Waals surface area contributed by atoms with Gasteiger partial charge in [-0.05, 0) is 81.1 Å². The fraction of sp³-hybridized carbons (Fsp3) is 0.355. The highest BCUT2D eigenvalue weighted by Crippen LogP contribution is 2.36. The minimum Gasteiger partial charge on any atom is -0.493 e. The summed E-state index contributed by atoms with van der Waals surface area (Å²) in [6.45, 7) is 9.76. The third kappa shape index (κ3) is 5.78. The monoisotopic (exact) mass is 543 g/mol. The van der Waals surface area contributed by atoms with Crippen molar-refractivity contribution in [2.45, 2.75) is 59.2 Å². The maximum atomic E-state index is 14.4. The van der Waals surface area contributed by atoms with E-state index in [1.54, 1.807) is 42.0 Å². The Hall–Kier alpha value is -4.40. The van der Waals surface area contributed by atoms with E-state index in [9.17, 15) is 9.59 Å². The van der Waals surface area contributed by atoms with Crippen LogP contribution in [0.25, 0.3) is 11.0 Å². The zero-order valence-electron chi connectivity index (χ0n) is 24.2. The second-order valence-electron chi connectivity index (χ2n) is 10.5. The molecule has 9 heteroatoms. The molecule has 0 fully saturated rings. The van der Waals surface area contributed by atoms with Crippen molar-refractivity contribution in [3.63, 3.8) is 0 Å². The Kier molecular flexibility index (Phi) is 8.42. The normalized spacial score (nSPS) is 12.2. The molecule has 1 atom stereocenters. The molecule has 0 bridgehead atoms. The number of aromatic nitrogens is 3. The first-order chi connectivity index (χ1) is 19.1. The Balaban J connectivity index is 1.91. The van der Waals surface area contributed by atoms with Gasteiger partial charge in [0.25, 0.3) is 0 Å². The summed E-state index contributed by atoms with van der Waals surface area (Å²) in [5.74, 6) is 0.367. The van der Waals surface area contributed by atoms with Gasteiger partial charge in [0, 0.05) is 11.2 Å². The molecule has 1 heterocycles. The van der Waals surface area contributed by atoms with E-state index in [2.05, 4.69) is 15.6 Å². The predicted octanol–water partition coefficient (Wildman–Crippen LogP) is 5.14. The molecule has 0 saturated heterocycles. The molecule has 0 aliphatic carbocycles. The first kappa shape index (κ1) is 28.6. The standard InChI is InChI=1S/C31H37N5O4/c1-8-31(4,5)32-30(38)29(22-16-17-26(39-6)27(18-22)40-7)36(24-15-11-12-20(2)21(24)3)28(37)19-35-25-14-10-9-13-23(25)33-34-35/h9-18,29H,8,19H2,1-7H3,(H,32,38). The lowest BCUT2D eigenvalue weighted by atomic mass is 9.97. The SMILES string of the molecule is CCC(C)(C)NC(=O)C(c1ccc(OC)c(OC)c1)N(C(=O)Cn1nnc2ccccc21)c1cccc(C)c1C. The van der Waals surface area contributed by atoms with Crippen molar-refractivity contribution in [1.82, 2.24) is 20.3 Å².